The Labute approximate surface area is 151 Å². The van der Waals surface area contributed by atoms with E-state index in [1.54, 1.807) is 6.20 Å². The molecule has 2 saturated heterocycles. The number of ether oxygens (including phenoxy) is 1. The van der Waals surface area contributed by atoms with Crippen LogP contribution in [0.5, 0.6) is 0 Å². The summed E-state index contributed by atoms with van der Waals surface area (Å²) in [6.07, 6.45) is 5.30. The van der Waals surface area contributed by atoms with E-state index in [0.717, 1.165) is 37.8 Å². The Kier molecular flexibility index (Phi) is 4.79. The van der Waals surface area contributed by atoms with Gasteiger partial charge in [-0.15, -0.1) is 0 Å². The van der Waals surface area contributed by atoms with Crippen molar-refractivity contribution in [3.8, 4) is 0 Å². The lowest BCUT2D eigenvalue weighted by atomic mass is 10.2. The van der Waals surface area contributed by atoms with Crippen LogP contribution in [0, 0.1) is 5.82 Å². The Morgan fingerprint density at radius 2 is 2.04 bits per heavy atom. The maximum atomic E-state index is 13.9. The van der Waals surface area contributed by atoms with Gasteiger partial charge in [0.05, 0.1) is 19.4 Å². The summed E-state index contributed by atoms with van der Waals surface area (Å²) in [7, 11) is 2.02. The molecule has 1 atom stereocenters. The van der Waals surface area contributed by atoms with E-state index in [1.807, 2.05) is 18.0 Å². The molecule has 138 valence electrons. The van der Waals surface area contributed by atoms with Crippen LogP contribution in [0.3, 0.4) is 0 Å². The van der Waals surface area contributed by atoms with Crippen molar-refractivity contribution in [2.24, 2.45) is 0 Å². The van der Waals surface area contributed by atoms with Crippen LogP contribution in [0.2, 0.25) is 0 Å². The third-order valence-corrected chi connectivity index (χ3v) is 4.94. The molecule has 4 rings (SSSR count). The first kappa shape index (κ1) is 16.9. The first-order valence-electron chi connectivity index (χ1n) is 8.81. The molecule has 2 aliphatic heterocycles. The molecule has 0 bridgehead atoms. The van der Waals surface area contributed by atoms with E-state index in [1.165, 1.54) is 12.5 Å². The first-order valence-corrected chi connectivity index (χ1v) is 8.81. The van der Waals surface area contributed by atoms with Crippen molar-refractivity contribution in [3.63, 3.8) is 0 Å². The summed E-state index contributed by atoms with van der Waals surface area (Å²) in [6.45, 7) is 4.46. The van der Waals surface area contributed by atoms with Crippen molar-refractivity contribution in [2.45, 2.75) is 12.5 Å². The number of anilines is 3. The molecule has 26 heavy (non-hydrogen) atoms. The quantitative estimate of drug-likeness (QED) is 0.799. The van der Waals surface area contributed by atoms with Gasteiger partial charge in [0, 0.05) is 45.5 Å². The van der Waals surface area contributed by atoms with Crippen molar-refractivity contribution < 1.29 is 9.13 Å². The summed E-state index contributed by atoms with van der Waals surface area (Å²) < 4.78 is 19.3. The van der Waals surface area contributed by atoms with Gasteiger partial charge in [-0.05, 0) is 12.5 Å². The van der Waals surface area contributed by atoms with E-state index >= 15 is 0 Å². The van der Waals surface area contributed by atoms with Crippen molar-refractivity contribution in [1.29, 1.82) is 0 Å². The second-order valence-corrected chi connectivity index (χ2v) is 6.51. The number of likely N-dealkylation sites (N-methyl/N-ethyl adjacent to an activating group) is 1. The fraction of sp³-hybridized carbons (Fsp3) is 0.529. The van der Waals surface area contributed by atoms with Crippen LogP contribution >= 0.6 is 0 Å². The zero-order valence-electron chi connectivity index (χ0n) is 14.8. The van der Waals surface area contributed by atoms with Crippen LogP contribution in [-0.2, 0) is 4.74 Å². The molecule has 2 aromatic heterocycles. The largest absolute Gasteiger partial charge is 0.378 e. The van der Waals surface area contributed by atoms with Gasteiger partial charge < -0.3 is 19.4 Å². The minimum Gasteiger partial charge on any atom is -0.378 e. The lowest BCUT2D eigenvalue weighted by molar-refractivity contribution is 0.122. The summed E-state index contributed by atoms with van der Waals surface area (Å²) in [6, 6.07) is 2.15. The molecule has 8 nitrogen and oxygen atoms in total. The molecule has 0 amide bonds. The Balaban J connectivity index is 1.46. The molecule has 4 heterocycles. The summed E-state index contributed by atoms with van der Waals surface area (Å²) in [4.78, 5) is 23.2. The maximum absolute atomic E-state index is 13.9. The highest BCUT2D eigenvalue weighted by atomic mass is 19.1. The van der Waals surface area contributed by atoms with Gasteiger partial charge in [0.2, 0.25) is 5.95 Å². The van der Waals surface area contributed by atoms with E-state index in [9.17, 15) is 4.39 Å². The topological polar surface area (TPSA) is 70.5 Å². The van der Waals surface area contributed by atoms with E-state index in [4.69, 9.17) is 9.72 Å². The third-order valence-electron chi connectivity index (χ3n) is 4.94. The highest BCUT2D eigenvalue weighted by Gasteiger charge is 2.29. The van der Waals surface area contributed by atoms with Crippen LogP contribution in [0.25, 0.3) is 0 Å². The molecule has 2 aliphatic rings. The summed E-state index contributed by atoms with van der Waals surface area (Å²) in [5.74, 6) is 1.59. The molecule has 0 saturated carbocycles. The molecular weight excluding hydrogens is 337 g/mol. The van der Waals surface area contributed by atoms with E-state index < -0.39 is 0 Å². The predicted octanol–water partition coefficient (Wildman–Crippen LogP) is 0.957. The van der Waals surface area contributed by atoms with Crippen molar-refractivity contribution in [3.05, 3.63) is 30.6 Å². The predicted molar refractivity (Wildman–Crippen MR) is 96.1 cm³/mol. The smallest absolute Gasteiger partial charge is 0.227 e. The fourth-order valence-electron chi connectivity index (χ4n) is 3.43. The normalized spacial score (nSPS) is 20.5. The summed E-state index contributed by atoms with van der Waals surface area (Å²) >= 11 is 0. The number of halogens is 1. The van der Waals surface area contributed by atoms with E-state index in [0.29, 0.717) is 25.6 Å². The average molecular weight is 359 g/mol. The average Bonchev–Trinajstić information content (AvgIpc) is 3.18. The van der Waals surface area contributed by atoms with Crippen molar-refractivity contribution in [1.82, 2.24) is 19.9 Å². The third kappa shape index (κ3) is 3.39. The van der Waals surface area contributed by atoms with Gasteiger partial charge in [-0.25, -0.2) is 19.3 Å². The second kappa shape index (κ2) is 7.36. The molecule has 0 aromatic carbocycles. The maximum Gasteiger partial charge on any atom is 0.227 e. The number of hydrogen-bond acceptors (Lipinski definition) is 8. The number of morpholine rings is 1. The molecule has 2 fully saturated rings. The highest BCUT2D eigenvalue weighted by Crippen LogP contribution is 2.25. The molecule has 0 N–H and O–H groups in total. The molecule has 0 spiro atoms. The van der Waals surface area contributed by atoms with Crippen LogP contribution in [0.15, 0.2) is 24.8 Å². The SMILES string of the molecule is CN(c1ccnc(N2CCOCC2)n1)C1CCN(c2ncncc2F)C1. The molecule has 0 aliphatic carbocycles. The number of hydrogen-bond donors (Lipinski definition) is 0. The van der Waals surface area contributed by atoms with Crippen LogP contribution in [0.4, 0.5) is 22.0 Å². The van der Waals surface area contributed by atoms with Gasteiger partial charge in [0.15, 0.2) is 11.6 Å². The summed E-state index contributed by atoms with van der Waals surface area (Å²) in [5, 5.41) is 0. The second-order valence-electron chi connectivity index (χ2n) is 6.51. The van der Waals surface area contributed by atoms with E-state index in [-0.39, 0.29) is 11.9 Å². The zero-order valence-corrected chi connectivity index (χ0v) is 14.8. The fourth-order valence-corrected chi connectivity index (χ4v) is 3.43. The van der Waals surface area contributed by atoms with Crippen LogP contribution in [-0.4, -0.2) is 72.4 Å². The van der Waals surface area contributed by atoms with Gasteiger partial charge in [0.25, 0.3) is 0 Å². The van der Waals surface area contributed by atoms with Crippen LogP contribution < -0.4 is 14.7 Å². The molecule has 0 radical (unpaired) electrons. The number of aromatic nitrogens is 4. The number of nitrogens with zero attached hydrogens (tertiary/aromatic N) is 7. The van der Waals surface area contributed by atoms with Gasteiger partial charge in [-0.1, -0.05) is 0 Å². The Bertz CT molecular complexity index is 755. The molecular formula is C17H22FN7O. The highest BCUT2D eigenvalue weighted by molar-refractivity contribution is 5.47. The first-order chi connectivity index (χ1) is 12.7. The van der Waals surface area contributed by atoms with Gasteiger partial charge >= 0.3 is 0 Å². The van der Waals surface area contributed by atoms with Crippen molar-refractivity contribution in [2.75, 3.05) is 61.1 Å². The standard InChI is InChI=1S/C17H22FN7O/c1-23(13-3-5-25(11-13)16-14(18)10-19-12-21-16)15-2-4-20-17(22-15)24-6-8-26-9-7-24/h2,4,10,12-13H,3,5-9,11H2,1H3. The van der Waals surface area contributed by atoms with Gasteiger partial charge in [-0.2, -0.15) is 4.98 Å². The Hall–Kier alpha value is -2.55. The monoisotopic (exact) mass is 359 g/mol. The van der Waals surface area contributed by atoms with Gasteiger partial charge in [0.1, 0.15) is 12.1 Å². The Morgan fingerprint density at radius 3 is 2.85 bits per heavy atom. The van der Waals surface area contributed by atoms with Crippen LogP contribution in [0.1, 0.15) is 6.42 Å². The minimum absolute atomic E-state index is 0.233. The van der Waals surface area contributed by atoms with E-state index in [2.05, 4.69) is 24.8 Å². The van der Waals surface area contributed by atoms with Gasteiger partial charge in [-0.3, -0.25) is 0 Å². The zero-order chi connectivity index (χ0) is 17.9. The van der Waals surface area contributed by atoms with Crippen molar-refractivity contribution >= 4 is 17.6 Å². The molecule has 2 aromatic rings. The number of rotatable bonds is 4. The minimum atomic E-state index is -0.382. The summed E-state index contributed by atoms with van der Waals surface area (Å²) in [5.41, 5.74) is 0. The molecule has 9 heteroatoms. The molecule has 1 unspecified atom stereocenters. The lowest BCUT2D eigenvalue weighted by Gasteiger charge is -2.29. The Morgan fingerprint density at radius 1 is 1.19 bits per heavy atom. The lowest BCUT2D eigenvalue weighted by Crippen LogP contribution is -2.38.